The van der Waals surface area contributed by atoms with Gasteiger partial charge in [-0.25, -0.2) is 9.78 Å². The fourth-order valence-electron chi connectivity index (χ4n) is 5.25. The van der Waals surface area contributed by atoms with Crippen LogP contribution < -0.4 is 0 Å². The second kappa shape index (κ2) is 33.8. The third-order valence-corrected chi connectivity index (χ3v) is 7.95. The molecule has 1 N–H and O–H groups in total. The molecule has 0 saturated carbocycles. The van der Waals surface area contributed by atoms with E-state index in [1.54, 1.807) is 0 Å². The maximum Gasteiger partial charge on any atom is 0.305 e. The van der Waals surface area contributed by atoms with E-state index in [0.717, 1.165) is 70.9 Å². The largest absolute Gasteiger partial charge is 0.466 e. The number of carbonyl (C=O) groups is 1. The van der Waals surface area contributed by atoms with Crippen molar-refractivity contribution < 1.29 is 24.4 Å². The Kier molecular flexibility index (Phi) is 33.2. The maximum atomic E-state index is 11.9. The first-order valence-corrected chi connectivity index (χ1v) is 17.9. The zero-order chi connectivity index (χ0) is 30.1. The molecule has 0 aliphatic rings. The van der Waals surface area contributed by atoms with Crippen LogP contribution >= 0.6 is 0 Å². The van der Waals surface area contributed by atoms with Crippen molar-refractivity contribution in [3.8, 4) is 0 Å². The summed E-state index contributed by atoms with van der Waals surface area (Å²) in [5, 5.41) is 9.40. The molecule has 6 heteroatoms. The average Bonchev–Trinajstić information content (AvgIpc) is 2.97. The van der Waals surface area contributed by atoms with E-state index in [9.17, 15) is 9.90 Å². The van der Waals surface area contributed by atoms with Gasteiger partial charge in [0, 0.05) is 13.0 Å². The van der Waals surface area contributed by atoms with Crippen LogP contribution in [0.25, 0.3) is 0 Å². The van der Waals surface area contributed by atoms with Crippen LogP contribution in [0.2, 0.25) is 0 Å². The summed E-state index contributed by atoms with van der Waals surface area (Å²) in [6, 6.07) is 0. The SMILES string of the molecule is CCCCCCCCC(CCCCCCCC)OOCCCCCCCN(CCO)CCCC(=O)OCCCCC. The number of hydrogen-bond donors (Lipinski definition) is 1. The van der Waals surface area contributed by atoms with Gasteiger partial charge in [0.2, 0.25) is 0 Å². The van der Waals surface area contributed by atoms with Crippen LogP contribution in [0.15, 0.2) is 0 Å². The molecular weight excluding hydrogens is 514 g/mol. The molecule has 0 unspecified atom stereocenters. The molecular formula is C35H71NO5. The first kappa shape index (κ1) is 40.3. The fraction of sp³-hybridized carbons (Fsp3) is 0.971. The van der Waals surface area contributed by atoms with E-state index in [1.165, 1.54) is 89.9 Å². The summed E-state index contributed by atoms with van der Waals surface area (Å²) in [5.41, 5.74) is 0. The van der Waals surface area contributed by atoms with Crippen molar-refractivity contribution >= 4 is 5.97 Å². The molecule has 0 heterocycles. The third-order valence-electron chi connectivity index (χ3n) is 7.95. The van der Waals surface area contributed by atoms with Crippen LogP contribution in [-0.4, -0.2) is 61.5 Å². The van der Waals surface area contributed by atoms with Gasteiger partial charge in [0.25, 0.3) is 0 Å². The summed E-state index contributed by atoms with van der Waals surface area (Å²) in [7, 11) is 0. The molecule has 0 spiro atoms. The highest BCUT2D eigenvalue weighted by atomic mass is 17.2. The number of carbonyl (C=O) groups excluding carboxylic acids is 1. The molecule has 0 radical (unpaired) electrons. The molecule has 246 valence electrons. The van der Waals surface area contributed by atoms with Crippen LogP contribution in [0.3, 0.4) is 0 Å². The Morgan fingerprint density at radius 1 is 0.585 bits per heavy atom. The molecule has 0 atom stereocenters. The Balaban J connectivity index is 3.94. The molecule has 0 amide bonds. The summed E-state index contributed by atoms with van der Waals surface area (Å²) >= 11 is 0. The Bertz CT molecular complexity index is 503. The number of aliphatic hydroxyl groups is 1. The standard InChI is InChI=1S/C35H71NO5/c1-4-7-10-12-15-19-25-34(26-20-16-13-11-8-5-2)41-40-33-23-18-14-17-21-28-36(30-31-37)29-24-27-35(38)39-32-22-9-6-3/h34,37H,4-33H2,1-3H3. The van der Waals surface area contributed by atoms with Crippen molar-refractivity contribution in [2.24, 2.45) is 0 Å². The highest BCUT2D eigenvalue weighted by Gasteiger charge is 2.11. The van der Waals surface area contributed by atoms with Gasteiger partial charge >= 0.3 is 5.97 Å². The van der Waals surface area contributed by atoms with Crippen LogP contribution in [0.4, 0.5) is 0 Å². The van der Waals surface area contributed by atoms with Gasteiger partial charge in [-0.3, -0.25) is 4.79 Å². The second-order valence-electron chi connectivity index (χ2n) is 12.0. The molecule has 0 aromatic heterocycles. The Labute approximate surface area is 255 Å². The molecule has 0 saturated heterocycles. The zero-order valence-corrected chi connectivity index (χ0v) is 27.8. The van der Waals surface area contributed by atoms with Crippen LogP contribution in [0, 0.1) is 0 Å². The van der Waals surface area contributed by atoms with Crippen molar-refractivity contribution in [2.45, 2.75) is 181 Å². The maximum absolute atomic E-state index is 11.9. The lowest BCUT2D eigenvalue weighted by Gasteiger charge is -2.21. The highest BCUT2D eigenvalue weighted by Crippen LogP contribution is 2.17. The van der Waals surface area contributed by atoms with Crippen molar-refractivity contribution in [3.63, 3.8) is 0 Å². The van der Waals surface area contributed by atoms with Crippen molar-refractivity contribution in [1.29, 1.82) is 0 Å². The minimum absolute atomic E-state index is 0.0904. The molecule has 0 fully saturated rings. The van der Waals surface area contributed by atoms with Crippen LogP contribution in [-0.2, 0) is 19.3 Å². The lowest BCUT2D eigenvalue weighted by atomic mass is 10.0. The molecule has 0 aromatic rings. The summed E-state index contributed by atoms with van der Waals surface area (Å²) in [6.45, 7) is 10.6. The van der Waals surface area contributed by atoms with Crippen LogP contribution in [0.5, 0.6) is 0 Å². The lowest BCUT2D eigenvalue weighted by molar-refractivity contribution is -0.327. The average molecular weight is 586 g/mol. The van der Waals surface area contributed by atoms with E-state index in [2.05, 4.69) is 25.7 Å². The molecule has 0 aliphatic carbocycles. The van der Waals surface area contributed by atoms with E-state index in [-0.39, 0.29) is 18.7 Å². The number of nitrogens with zero attached hydrogens (tertiary/aromatic N) is 1. The lowest BCUT2D eigenvalue weighted by Crippen LogP contribution is -2.29. The zero-order valence-electron chi connectivity index (χ0n) is 27.8. The fourth-order valence-corrected chi connectivity index (χ4v) is 5.25. The number of rotatable bonds is 34. The topological polar surface area (TPSA) is 68.2 Å². The van der Waals surface area contributed by atoms with Crippen molar-refractivity contribution in [1.82, 2.24) is 4.90 Å². The van der Waals surface area contributed by atoms with E-state index in [1.807, 2.05) is 0 Å². The van der Waals surface area contributed by atoms with Crippen LogP contribution in [0.1, 0.15) is 175 Å². The van der Waals surface area contributed by atoms with Gasteiger partial charge in [0.1, 0.15) is 0 Å². The van der Waals surface area contributed by atoms with Crippen molar-refractivity contribution in [2.75, 3.05) is 39.5 Å². The molecule has 0 aliphatic heterocycles. The predicted molar refractivity (Wildman–Crippen MR) is 173 cm³/mol. The number of esters is 1. The third kappa shape index (κ3) is 30.6. The normalized spacial score (nSPS) is 11.7. The van der Waals surface area contributed by atoms with Gasteiger partial charge in [-0.1, -0.05) is 130 Å². The van der Waals surface area contributed by atoms with E-state index >= 15 is 0 Å². The smallest absolute Gasteiger partial charge is 0.305 e. The van der Waals surface area contributed by atoms with E-state index in [4.69, 9.17) is 14.5 Å². The molecule has 0 rings (SSSR count). The van der Waals surface area contributed by atoms with Crippen molar-refractivity contribution in [3.05, 3.63) is 0 Å². The number of ether oxygens (including phenoxy) is 1. The summed E-state index contributed by atoms with van der Waals surface area (Å²) < 4.78 is 5.29. The molecule has 6 nitrogen and oxygen atoms in total. The Morgan fingerprint density at radius 2 is 1.07 bits per heavy atom. The molecule has 41 heavy (non-hydrogen) atoms. The first-order valence-electron chi connectivity index (χ1n) is 17.9. The Morgan fingerprint density at radius 3 is 1.68 bits per heavy atom. The first-order chi connectivity index (χ1) is 20.2. The number of aliphatic hydroxyl groups excluding tert-OH is 1. The van der Waals surface area contributed by atoms with Gasteiger partial charge in [-0.2, -0.15) is 0 Å². The second-order valence-corrected chi connectivity index (χ2v) is 12.0. The highest BCUT2D eigenvalue weighted by molar-refractivity contribution is 5.69. The number of unbranched alkanes of at least 4 members (excludes halogenated alkanes) is 16. The minimum atomic E-state index is -0.0904. The molecule has 0 aromatic carbocycles. The van der Waals surface area contributed by atoms with E-state index < -0.39 is 0 Å². The summed E-state index contributed by atoms with van der Waals surface area (Å²) in [5.74, 6) is -0.0904. The van der Waals surface area contributed by atoms with Gasteiger partial charge in [0.15, 0.2) is 0 Å². The quantitative estimate of drug-likeness (QED) is 0.0351. The Hall–Kier alpha value is -0.690. The number of hydrogen-bond acceptors (Lipinski definition) is 6. The van der Waals surface area contributed by atoms with E-state index in [0.29, 0.717) is 26.2 Å². The van der Waals surface area contributed by atoms with Gasteiger partial charge in [0.05, 0.1) is 25.9 Å². The summed E-state index contributed by atoms with van der Waals surface area (Å²) in [6.07, 6.45) is 28.6. The van der Waals surface area contributed by atoms with Gasteiger partial charge in [-0.15, -0.1) is 0 Å². The monoisotopic (exact) mass is 586 g/mol. The van der Waals surface area contributed by atoms with Gasteiger partial charge < -0.3 is 14.7 Å². The predicted octanol–water partition coefficient (Wildman–Crippen LogP) is 9.56. The minimum Gasteiger partial charge on any atom is -0.466 e. The van der Waals surface area contributed by atoms with Gasteiger partial charge in [-0.05, 0) is 51.6 Å². The summed E-state index contributed by atoms with van der Waals surface area (Å²) in [4.78, 5) is 25.7. The molecule has 0 bridgehead atoms.